The van der Waals surface area contributed by atoms with Gasteiger partial charge in [-0.3, -0.25) is 0 Å². The van der Waals surface area contributed by atoms with Gasteiger partial charge < -0.3 is 9.84 Å². The van der Waals surface area contributed by atoms with Crippen molar-refractivity contribution in [2.75, 3.05) is 7.11 Å². The van der Waals surface area contributed by atoms with Gasteiger partial charge in [-0.2, -0.15) is 13.2 Å². The molecule has 0 aliphatic heterocycles. The molecule has 0 atom stereocenters. The number of halogens is 3. The maximum atomic E-state index is 13.5. The zero-order chi connectivity index (χ0) is 18.0. The fourth-order valence-corrected chi connectivity index (χ4v) is 2.52. The van der Waals surface area contributed by atoms with Gasteiger partial charge in [0.1, 0.15) is 17.8 Å². The smallest absolute Gasteiger partial charge is 0.434 e. The molecule has 0 unspecified atom stereocenters. The normalized spacial score (nSPS) is 11.4. The van der Waals surface area contributed by atoms with Crippen molar-refractivity contribution >= 4 is 0 Å². The number of ether oxygens (including phenoxy) is 1. The molecule has 0 amide bonds. The minimum atomic E-state index is -4.66. The summed E-state index contributed by atoms with van der Waals surface area (Å²) in [6, 6.07) is 12.4. The summed E-state index contributed by atoms with van der Waals surface area (Å²) < 4.78 is 45.4. The molecule has 0 fully saturated rings. The van der Waals surface area contributed by atoms with Crippen LogP contribution in [0.2, 0.25) is 0 Å². The first-order valence-electron chi connectivity index (χ1n) is 7.27. The van der Waals surface area contributed by atoms with Crippen LogP contribution in [-0.2, 0) is 6.18 Å². The van der Waals surface area contributed by atoms with E-state index >= 15 is 0 Å². The first-order valence-corrected chi connectivity index (χ1v) is 7.27. The number of phenols is 1. The van der Waals surface area contributed by atoms with Crippen LogP contribution in [0, 0.1) is 0 Å². The van der Waals surface area contributed by atoms with E-state index in [0.717, 1.165) is 6.33 Å². The molecule has 128 valence electrons. The SMILES string of the molecule is COc1ccc(-c2ncnc(C(F)(F)F)c2-c2ccccc2)c(O)c1. The molecule has 0 bridgehead atoms. The molecule has 1 heterocycles. The van der Waals surface area contributed by atoms with E-state index < -0.39 is 11.9 Å². The van der Waals surface area contributed by atoms with Crippen LogP contribution < -0.4 is 4.74 Å². The Morgan fingerprint density at radius 1 is 1.00 bits per heavy atom. The summed E-state index contributed by atoms with van der Waals surface area (Å²) in [5, 5.41) is 10.2. The lowest BCUT2D eigenvalue weighted by Crippen LogP contribution is -2.12. The monoisotopic (exact) mass is 346 g/mol. The number of rotatable bonds is 3. The highest BCUT2D eigenvalue weighted by Gasteiger charge is 2.37. The Labute approximate surface area is 141 Å². The van der Waals surface area contributed by atoms with Crippen LogP contribution >= 0.6 is 0 Å². The number of phenolic OH excluding ortho intramolecular Hbond substituents is 1. The lowest BCUT2D eigenvalue weighted by molar-refractivity contribution is -0.140. The predicted molar refractivity (Wildman–Crippen MR) is 86.1 cm³/mol. The average Bonchev–Trinajstić information content (AvgIpc) is 2.61. The Morgan fingerprint density at radius 2 is 1.72 bits per heavy atom. The van der Waals surface area contributed by atoms with E-state index in [1.165, 1.54) is 31.4 Å². The van der Waals surface area contributed by atoms with E-state index in [9.17, 15) is 18.3 Å². The standard InChI is InChI=1S/C18H13F3N2O2/c1-25-12-7-8-13(14(24)9-12)16-15(11-5-3-2-4-6-11)17(18(19,20)21)23-10-22-16/h2-10,24H,1H3. The molecule has 0 aliphatic rings. The molecular formula is C18H13F3N2O2. The van der Waals surface area contributed by atoms with Crippen molar-refractivity contribution in [2.24, 2.45) is 0 Å². The predicted octanol–water partition coefficient (Wildman–Crippen LogP) is 4.54. The van der Waals surface area contributed by atoms with Crippen LogP contribution in [0.15, 0.2) is 54.9 Å². The molecule has 1 N–H and O–H groups in total. The third kappa shape index (κ3) is 3.26. The Morgan fingerprint density at radius 3 is 2.32 bits per heavy atom. The van der Waals surface area contributed by atoms with Crippen molar-refractivity contribution in [1.82, 2.24) is 9.97 Å². The maximum Gasteiger partial charge on any atom is 0.434 e. The molecule has 0 spiro atoms. The molecule has 0 radical (unpaired) electrons. The first kappa shape index (κ1) is 16.8. The fraction of sp³-hybridized carbons (Fsp3) is 0.111. The second-order valence-corrected chi connectivity index (χ2v) is 5.19. The van der Waals surface area contributed by atoms with Gasteiger partial charge in [0.15, 0.2) is 5.69 Å². The average molecular weight is 346 g/mol. The minimum absolute atomic E-state index is 0.00585. The van der Waals surface area contributed by atoms with Gasteiger partial charge in [0, 0.05) is 17.2 Å². The summed E-state index contributed by atoms with van der Waals surface area (Å²) in [4.78, 5) is 7.44. The number of benzene rings is 2. The van der Waals surface area contributed by atoms with Gasteiger partial charge >= 0.3 is 6.18 Å². The van der Waals surface area contributed by atoms with Crippen molar-refractivity contribution in [3.8, 4) is 33.9 Å². The van der Waals surface area contributed by atoms with Gasteiger partial charge in [-0.05, 0) is 17.7 Å². The lowest BCUT2D eigenvalue weighted by atomic mass is 9.96. The third-order valence-corrected chi connectivity index (χ3v) is 3.64. The number of aromatic nitrogens is 2. The molecule has 0 saturated heterocycles. The number of nitrogens with zero attached hydrogens (tertiary/aromatic N) is 2. The summed E-state index contributed by atoms with van der Waals surface area (Å²) in [5.74, 6) is 0.149. The molecule has 0 aliphatic carbocycles. The Kier molecular flexibility index (Phi) is 4.31. The highest BCUT2D eigenvalue weighted by atomic mass is 19.4. The molecule has 25 heavy (non-hydrogen) atoms. The summed E-state index contributed by atoms with van der Waals surface area (Å²) in [5.41, 5.74) is -0.781. The van der Waals surface area contributed by atoms with Crippen molar-refractivity contribution in [2.45, 2.75) is 6.18 Å². The van der Waals surface area contributed by atoms with Crippen LogP contribution in [0.5, 0.6) is 11.5 Å². The summed E-state index contributed by atoms with van der Waals surface area (Å²) in [7, 11) is 1.43. The van der Waals surface area contributed by atoms with Crippen molar-refractivity contribution in [3.63, 3.8) is 0 Å². The Balaban J connectivity index is 2.31. The quantitative estimate of drug-likeness (QED) is 0.756. The third-order valence-electron chi connectivity index (χ3n) is 3.64. The van der Waals surface area contributed by atoms with Crippen LogP contribution in [0.3, 0.4) is 0 Å². The zero-order valence-corrected chi connectivity index (χ0v) is 13.1. The highest BCUT2D eigenvalue weighted by molar-refractivity contribution is 5.85. The molecule has 7 heteroatoms. The van der Waals surface area contributed by atoms with E-state index in [1.54, 1.807) is 24.3 Å². The molecular weight excluding hydrogens is 333 g/mol. The van der Waals surface area contributed by atoms with Gasteiger partial charge in [0.25, 0.3) is 0 Å². The highest BCUT2D eigenvalue weighted by Crippen LogP contribution is 2.42. The van der Waals surface area contributed by atoms with Crippen molar-refractivity contribution in [1.29, 1.82) is 0 Å². The molecule has 2 aromatic carbocycles. The molecule has 4 nitrogen and oxygen atoms in total. The van der Waals surface area contributed by atoms with Gasteiger partial charge in [-0.1, -0.05) is 30.3 Å². The second-order valence-electron chi connectivity index (χ2n) is 5.19. The first-order chi connectivity index (χ1) is 11.9. The van der Waals surface area contributed by atoms with Gasteiger partial charge in [0.2, 0.25) is 0 Å². The van der Waals surface area contributed by atoms with E-state index in [1.807, 2.05) is 0 Å². The number of methoxy groups -OCH3 is 1. The molecule has 1 aromatic heterocycles. The van der Waals surface area contributed by atoms with Crippen LogP contribution in [0.25, 0.3) is 22.4 Å². The molecule has 3 rings (SSSR count). The number of hydrogen-bond acceptors (Lipinski definition) is 4. The van der Waals surface area contributed by atoms with Gasteiger partial charge in [-0.25, -0.2) is 9.97 Å². The summed E-state index contributed by atoms with van der Waals surface area (Å²) >= 11 is 0. The van der Waals surface area contributed by atoms with Crippen LogP contribution in [0.1, 0.15) is 5.69 Å². The molecule has 0 saturated carbocycles. The summed E-state index contributed by atoms with van der Waals surface area (Å²) in [6.07, 6.45) is -3.82. The van der Waals surface area contributed by atoms with E-state index in [-0.39, 0.29) is 22.6 Å². The van der Waals surface area contributed by atoms with E-state index in [0.29, 0.717) is 11.3 Å². The summed E-state index contributed by atoms with van der Waals surface area (Å²) in [6.45, 7) is 0. The van der Waals surface area contributed by atoms with E-state index in [2.05, 4.69) is 9.97 Å². The largest absolute Gasteiger partial charge is 0.507 e. The van der Waals surface area contributed by atoms with Gasteiger partial charge in [-0.15, -0.1) is 0 Å². The zero-order valence-electron chi connectivity index (χ0n) is 13.1. The second kappa shape index (κ2) is 6.43. The number of aromatic hydroxyl groups is 1. The lowest BCUT2D eigenvalue weighted by Gasteiger charge is -2.16. The van der Waals surface area contributed by atoms with Crippen molar-refractivity contribution < 1.29 is 23.0 Å². The Bertz CT molecular complexity index is 897. The van der Waals surface area contributed by atoms with E-state index in [4.69, 9.17) is 4.74 Å². The topological polar surface area (TPSA) is 55.2 Å². The maximum absolute atomic E-state index is 13.5. The van der Waals surface area contributed by atoms with Crippen LogP contribution in [-0.4, -0.2) is 22.2 Å². The number of alkyl halides is 3. The molecule has 3 aromatic rings. The van der Waals surface area contributed by atoms with Gasteiger partial charge in [0.05, 0.1) is 12.8 Å². The van der Waals surface area contributed by atoms with Crippen LogP contribution in [0.4, 0.5) is 13.2 Å². The van der Waals surface area contributed by atoms with Crippen molar-refractivity contribution in [3.05, 3.63) is 60.6 Å². The Hall–Kier alpha value is -3.09. The minimum Gasteiger partial charge on any atom is -0.507 e. The fourth-order valence-electron chi connectivity index (χ4n) is 2.52. The number of hydrogen-bond donors (Lipinski definition) is 1.